The summed E-state index contributed by atoms with van der Waals surface area (Å²) in [5.41, 5.74) is 3.02. The fourth-order valence-corrected chi connectivity index (χ4v) is 2.89. The fraction of sp³-hybridized carbons (Fsp3) is 0.176. The summed E-state index contributed by atoms with van der Waals surface area (Å²) >= 11 is 5.35. The quantitative estimate of drug-likeness (QED) is 0.884. The molecule has 3 nitrogen and oxygen atoms in total. The highest BCUT2D eigenvalue weighted by atomic mass is 32.1. The first-order valence-corrected chi connectivity index (χ1v) is 7.31. The second-order valence-electron chi connectivity index (χ2n) is 5.15. The van der Waals surface area contributed by atoms with Crippen LogP contribution in [0.1, 0.15) is 11.1 Å². The van der Waals surface area contributed by atoms with Gasteiger partial charge in [-0.1, -0.05) is 48.5 Å². The Kier molecular flexibility index (Phi) is 3.71. The number of hydrogen-bond donors (Lipinski definition) is 1. The summed E-state index contributed by atoms with van der Waals surface area (Å²) in [5, 5.41) is 3.62. The Morgan fingerprint density at radius 1 is 1.10 bits per heavy atom. The topological polar surface area (TPSA) is 32.3 Å². The highest BCUT2D eigenvalue weighted by Crippen LogP contribution is 2.24. The first-order valence-electron chi connectivity index (χ1n) is 6.91. The van der Waals surface area contributed by atoms with Crippen LogP contribution in [0.5, 0.6) is 0 Å². The Labute approximate surface area is 129 Å². The Bertz CT molecular complexity index is 684. The Morgan fingerprint density at radius 2 is 1.76 bits per heavy atom. The van der Waals surface area contributed by atoms with E-state index in [1.54, 1.807) is 4.90 Å². The van der Waals surface area contributed by atoms with Gasteiger partial charge in [0.1, 0.15) is 6.04 Å². The number of para-hydroxylation sites is 1. The number of anilines is 1. The summed E-state index contributed by atoms with van der Waals surface area (Å²) in [7, 11) is 0. The fourth-order valence-electron chi connectivity index (χ4n) is 2.56. The van der Waals surface area contributed by atoms with Crippen molar-refractivity contribution in [3.8, 4) is 0 Å². The highest BCUT2D eigenvalue weighted by Gasteiger charge is 2.36. The molecule has 0 bridgehead atoms. The van der Waals surface area contributed by atoms with Crippen LogP contribution in [0, 0.1) is 6.92 Å². The molecule has 0 saturated carbocycles. The average Bonchev–Trinajstić information content (AvgIpc) is 2.76. The van der Waals surface area contributed by atoms with Crippen molar-refractivity contribution >= 4 is 28.9 Å². The van der Waals surface area contributed by atoms with Crippen molar-refractivity contribution in [3.05, 3.63) is 65.7 Å². The molecule has 4 heteroatoms. The molecule has 0 aliphatic carbocycles. The summed E-state index contributed by atoms with van der Waals surface area (Å²) in [6.07, 6.45) is 0.641. The van der Waals surface area contributed by atoms with Gasteiger partial charge in [-0.2, -0.15) is 0 Å². The lowest BCUT2D eigenvalue weighted by Gasteiger charge is -2.17. The SMILES string of the molecule is Cc1ccccc1N1C(=O)[C@H](Cc2ccccc2)NC1=S. The lowest BCUT2D eigenvalue weighted by Crippen LogP contribution is -2.32. The number of aryl methyl sites for hydroxylation is 1. The van der Waals surface area contributed by atoms with Gasteiger partial charge in [0.2, 0.25) is 0 Å². The summed E-state index contributed by atoms with van der Waals surface area (Å²) < 4.78 is 0. The van der Waals surface area contributed by atoms with Gasteiger partial charge < -0.3 is 5.32 Å². The van der Waals surface area contributed by atoms with Crippen LogP contribution in [0.3, 0.4) is 0 Å². The molecule has 2 aromatic rings. The van der Waals surface area contributed by atoms with Crippen LogP contribution in [-0.4, -0.2) is 17.1 Å². The van der Waals surface area contributed by atoms with Gasteiger partial charge in [-0.3, -0.25) is 9.69 Å². The summed E-state index contributed by atoms with van der Waals surface area (Å²) in [6.45, 7) is 1.98. The van der Waals surface area contributed by atoms with Crippen LogP contribution >= 0.6 is 12.2 Å². The number of nitrogens with one attached hydrogen (secondary N) is 1. The highest BCUT2D eigenvalue weighted by molar-refractivity contribution is 7.80. The zero-order chi connectivity index (χ0) is 14.8. The van der Waals surface area contributed by atoms with Crippen molar-refractivity contribution in [1.29, 1.82) is 0 Å². The smallest absolute Gasteiger partial charge is 0.256 e. The first kappa shape index (κ1) is 13.8. The molecule has 3 rings (SSSR count). The number of thiocarbonyl (C=S) groups is 1. The van der Waals surface area contributed by atoms with E-state index >= 15 is 0 Å². The second-order valence-corrected chi connectivity index (χ2v) is 5.54. The minimum atomic E-state index is -0.292. The number of benzene rings is 2. The molecule has 0 aromatic heterocycles. The minimum absolute atomic E-state index is 0.0122. The molecular formula is C17H16N2OS. The molecule has 2 aromatic carbocycles. The maximum Gasteiger partial charge on any atom is 0.256 e. The lowest BCUT2D eigenvalue weighted by molar-refractivity contribution is -0.118. The molecule has 1 N–H and O–H groups in total. The maximum atomic E-state index is 12.6. The van der Waals surface area contributed by atoms with Crippen LogP contribution in [0.25, 0.3) is 0 Å². The summed E-state index contributed by atoms with van der Waals surface area (Å²) in [5.74, 6) is 0.0122. The average molecular weight is 296 g/mol. The molecule has 1 fully saturated rings. The Morgan fingerprint density at radius 3 is 2.48 bits per heavy atom. The molecule has 1 aliphatic heterocycles. The van der Waals surface area contributed by atoms with Crippen LogP contribution in [0.15, 0.2) is 54.6 Å². The van der Waals surface area contributed by atoms with E-state index in [4.69, 9.17) is 12.2 Å². The van der Waals surface area contributed by atoms with E-state index in [0.717, 1.165) is 16.8 Å². The molecule has 1 saturated heterocycles. The monoisotopic (exact) mass is 296 g/mol. The minimum Gasteiger partial charge on any atom is -0.350 e. The lowest BCUT2D eigenvalue weighted by atomic mass is 10.1. The Balaban J connectivity index is 1.84. The van der Waals surface area contributed by atoms with Crippen LogP contribution in [0.2, 0.25) is 0 Å². The third kappa shape index (κ3) is 2.67. The zero-order valence-corrected chi connectivity index (χ0v) is 12.6. The van der Waals surface area contributed by atoms with Crippen molar-refractivity contribution in [2.75, 3.05) is 4.90 Å². The van der Waals surface area contributed by atoms with E-state index < -0.39 is 0 Å². The summed E-state index contributed by atoms with van der Waals surface area (Å²) in [6, 6.07) is 17.5. The molecular weight excluding hydrogens is 280 g/mol. The number of amides is 1. The molecule has 21 heavy (non-hydrogen) atoms. The van der Waals surface area contributed by atoms with Crippen LogP contribution in [0.4, 0.5) is 5.69 Å². The van der Waals surface area contributed by atoms with E-state index in [1.165, 1.54) is 0 Å². The first-order chi connectivity index (χ1) is 10.2. The second kappa shape index (κ2) is 5.66. The van der Waals surface area contributed by atoms with Gasteiger partial charge in [-0.15, -0.1) is 0 Å². The predicted molar refractivity (Wildman–Crippen MR) is 88.3 cm³/mol. The van der Waals surface area contributed by atoms with E-state index in [2.05, 4.69) is 5.32 Å². The summed E-state index contributed by atoms with van der Waals surface area (Å²) in [4.78, 5) is 14.3. The van der Waals surface area contributed by atoms with Crippen LogP contribution < -0.4 is 10.2 Å². The molecule has 0 unspecified atom stereocenters. The molecule has 1 amide bonds. The van der Waals surface area contributed by atoms with Gasteiger partial charge in [-0.25, -0.2) is 0 Å². The number of nitrogens with zero attached hydrogens (tertiary/aromatic N) is 1. The molecule has 1 atom stereocenters. The molecule has 1 aliphatic rings. The molecule has 106 valence electrons. The van der Waals surface area contributed by atoms with E-state index in [0.29, 0.717) is 11.5 Å². The van der Waals surface area contributed by atoms with E-state index in [9.17, 15) is 4.79 Å². The van der Waals surface area contributed by atoms with E-state index in [-0.39, 0.29) is 11.9 Å². The van der Waals surface area contributed by atoms with Crippen molar-refractivity contribution in [2.24, 2.45) is 0 Å². The standard InChI is InChI=1S/C17H16N2OS/c1-12-7-5-6-10-15(12)19-16(20)14(18-17(19)21)11-13-8-3-2-4-9-13/h2-10,14H,11H2,1H3,(H,18,21)/t14-/m0/s1. The van der Waals surface area contributed by atoms with Gasteiger partial charge in [-0.05, 0) is 36.3 Å². The van der Waals surface area contributed by atoms with Crippen molar-refractivity contribution in [1.82, 2.24) is 5.32 Å². The third-order valence-electron chi connectivity index (χ3n) is 3.66. The number of carbonyl (C=O) groups is 1. The molecule has 0 radical (unpaired) electrons. The van der Waals surface area contributed by atoms with Crippen molar-refractivity contribution in [2.45, 2.75) is 19.4 Å². The molecule has 0 spiro atoms. The van der Waals surface area contributed by atoms with Gasteiger partial charge in [0.15, 0.2) is 5.11 Å². The zero-order valence-electron chi connectivity index (χ0n) is 11.7. The van der Waals surface area contributed by atoms with E-state index in [1.807, 2.05) is 61.5 Å². The number of hydrogen-bond acceptors (Lipinski definition) is 2. The van der Waals surface area contributed by atoms with Gasteiger partial charge in [0, 0.05) is 6.42 Å². The van der Waals surface area contributed by atoms with Crippen molar-refractivity contribution in [3.63, 3.8) is 0 Å². The van der Waals surface area contributed by atoms with Gasteiger partial charge in [0.25, 0.3) is 5.91 Å². The Hall–Kier alpha value is -2.20. The van der Waals surface area contributed by atoms with Gasteiger partial charge >= 0.3 is 0 Å². The van der Waals surface area contributed by atoms with Gasteiger partial charge in [0.05, 0.1) is 5.69 Å². The molecule has 1 heterocycles. The largest absolute Gasteiger partial charge is 0.350 e. The van der Waals surface area contributed by atoms with Crippen LogP contribution in [-0.2, 0) is 11.2 Å². The third-order valence-corrected chi connectivity index (χ3v) is 3.96. The predicted octanol–water partition coefficient (Wildman–Crippen LogP) is 2.83. The number of rotatable bonds is 3. The normalized spacial score (nSPS) is 18.0. The van der Waals surface area contributed by atoms with Crippen molar-refractivity contribution < 1.29 is 4.79 Å². The number of carbonyl (C=O) groups excluding carboxylic acids is 1. The maximum absolute atomic E-state index is 12.6.